The van der Waals surface area contributed by atoms with Crippen LogP contribution in [0.15, 0.2) is 71.8 Å². The van der Waals surface area contributed by atoms with Gasteiger partial charge in [-0.3, -0.25) is 4.72 Å². The van der Waals surface area contributed by atoms with E-state index in [0.717, 1.165) is 11.4 Å². The lowest BCUT2D eigenvalue weighted by Gasteiger charge is -2.19. The molecule has 3 aromatic rings. The van der Waals surface area contributed by atoms with Gasteiger partial charge in [0.05, 0.1) is 26.1 Å². The molecular formula is C20H21N3O4S. The fourth-order valence-electron chi connectivity index (χ4n) is 2.64. The minimum Gasteiger partial charge on any atom is -0.497 e. The Labute approximate surface area is 164 Å². The SMILES string of the molecule is COc1ccc(S(=O)(=O)Nc2ccc(N(C)c3ccccc3)cn2)c(OC)c1. The van der Waals surface area contributed by atoms with Gasteiger partial charge in [-0.05, 0) is 36.4 Å². The van der Waals surface area contributed by atoms with Gasteiger partial charge in [0.25, 0.3) is 10.0 Å². The quantitative estimate of drug-likeness (QED) is 0.653. The highest BCUT2D eigenvalue weighted by Crippen LogP contribution is 2.30. The maximum Gasteiger partial charge on any atom is 0.266 e. The summed E-state index contributed by atoms with van der Waals surface area (Å²) in [7, 11) is 0.944. The summed E-state index contributed by atoms with van der Waals surface area (Å²) in [5, 5.41) is 0. The minimum absolute atomic E-state index is 0.00285. The van der Waals surface area contributed by atoms with Crippen LogP contribution in [0.5, 0.6) is 11.5 Å². The van der Waals surface area contributed by atoms with Gasteiger partial charge in [0, 0.05) is 18.8 Å². The lowest BCUT2D eigenvalue weighted by atomic mass is 10.3. The van der Waals surface area contributed by atoms with E-state index in [0.29, 0.717) is 5.75 Å². The van der Waals surface area contributed by atoms with E-state index in [2.05, 4.69) is 9.71 Å². The zero-order valence-corrected chi connectivity index (χ0v) is 16.6. The zero-order valence-electron chi connectivity index (χ0n) is 15.8. The van der Waals surface area contributed by atoms with Gasteiger partial charge in [-0.1, -0.05) is 18.2 Å². The van der Waals surface area contributed by atoms with Crippen LogP contribution < -0.4 is 19.1 Å². The monoisotopic (exact) mass is 399 g/mol. The molecule has 0 saturated carbocycles. The molecule has 7 nitrogen and oxygen atoms in total. The zero-order chi connectivity index (χ0) is 20.1. The molecule has 1 heterocycles. The van der Waals surface area contributed by atoms with Crippen LogP contribution in [0.1, 0.15) is 0 Å². The lowest BCUT2D eigenvalue weighted by molar-refractivity contribution is 0.386. The number of sulfonamides is 1. The van der Waals surface area contributed by atoms with E-state index in [1.54, 1.807) is 24.4 Å². The van der Waals surface area contributed by atoms with Crippen LogP contribution in [0.2, 0.25) is 0 Å². The third kappa shape index (κ3) is 4.17. The van der Waals surface area contributed by atoms with Crippen LogP contribution >= 0.6 is 0 Å². The number of benzene rings is 2. The molecule has 1 aromatic heterocycles. The molecule has 0 atom stereocenters. The molecule has 0 bridgehead atoms. The Morgan fingerprint density at radius 2 is 1.68 bits per heavy atom. The third-order valence-electron chi connectivity index (χ3n) is 4.18. The van der Waals surface area contributed by atoms with Crippen LogP contribution in [-0.2, 0) is 10.0 Å². The normalized spacial score (nSPS) is 11.0. The van der Waals surface area contributed by atoms with Gasteiger partial charge in [-0.15, -0.1) is 0 Å². The standard InChI is InChI=1S/C20H21N3O4S/c1-23(15-7-5-4-6-8-15)16-9-12-20(21-14-16)22-28(24,25)19-11-10-17(26-2)13-18(19)27-3/h4-14H,1-3H3,(H,21,22). The summed E-state index contributed by atoms with van der Waals surface area (Å²) in [5.74, 6) is 0.901. The third-order valence-corrected chi connectivity index (χ3v) is 5.57. The Balaban J connectivity index is 1.82. The number of hydrogen-bond acceptors (Lipinski definition) is 6. The summed E-state index contributed by atoms with van der Waals surface area (Å²) in [6, 6.07) is 17.7. The van der Waals surface area contributed by atoms with E-state index in [-0.39, 0.29) is 16.5 Å². The number of aromatic nitrogens is 1. The van der Waals surface area contributed by atoms with Gasteiger partial charge in [-0.2, -0.15) is 0 Å². The first-order chi connectivity index (χ1) is 13.4. The van der Waals surface area contributed by atoms with Crippen molar-refractivity contribution >= 4 is 27.2 Å². The fourth-order valence-corrected chi connectivity index (χ4v) is 3.80. The van der Waals surface area contributed by atoms with Crippen molar-refractivity contribution in [3.8, 4) is 11.5 Å². The number of ether oxygens (including phenoxy) is 2. The average molecular weight is 399 g/mol. The van der Waals surface area contributed by atoms with E-state index in [4.69, 9.17) is 9.47 Å². The summed E-state index contributed by atoms with van der Waals surface area (Å²) in [4.78, 5) is 6.19. The molecule has 0 saturated heterocycles. The molecule has 0 unspecified atom stereocenters. The molecule has 0 radical (unpaired) electrons. The van der Waals surface area contributed by atoms with Crippen molar-refractivity contribution in [1.29, 1.82) is 0 Å². The van der Waals surface area contributed by atoms with Gasteiger partial charge in [0.15, 0.2) is 0 Å². The first-order valence-corrected chi connectivity index (χ1v) is 9.92. The number of pyridine rings is 1. The molecule has 0 amide bonds. The summed E-state index contributed by atoms with van der Waals surface area (Å²) in [6.45, 7) is 0. The number of hydrogen-bond donors (Lipinski definition) is 1. The Hall–Kier alpha value is -3.26. The number of methoxy groups -OCH3 is 2. The number of nitrogens with zero attached hydrogens (tertiary/aromatic N) is 2. The number of nitrogens with one attached hydrogen (secondary N) is 1. The minimum atomic E-state index is -3.87. The van der Waals surface area contributed by atoms with Gasteiger partial charge in [0.1, 0.15) is 22.2 Å². The fraction of sp³-hybridized carbons (Fsp3) is 0.150. The number of rotatable bonds is 7. The molecule has 0 aliphatic heterocycles. The molecule has 28 heavy (non-hydrogen) atoms. The second-order valence-corrected chi connectivity index (χ2v) is 7.57. The highest BCUT2D eigenvalue weighted by atomic mass is 32.2. The van der Waals surface area contributed by atoms with Gasteiger partial charge >= 0.3 is 0 Å². The topological polar surface area (TPSA) is 80.8 Å². The van der Waals surface area contributed by atoms with Crippen molar-refractivity contribution in [2.75, 3.05) is 30.9 Å². The molecule has 146 valence electrons. The molecule has 0 fully saturated rings. The summed E-state index contributed by atoms with van der Waals surface area (Å²) >= 11 is 0. The molecule has 3 rings (SSSR count). The lowest BCUT2D eigenvalue weighted by Crippen LogP contribution is -2.15. The van der Waals surface area contributed by atoms with Crippen molar-refractivity contribution in [2.24, 2.45) is 0 Å². The summed E-state index contributed by atoms with van der Waals surface area (Å²) in [5.41, 5.74) is 1.83. The Kier molecular flexibility index (Phi) is 5.70. The van der Waals surface area contributed by atoms with E-state index >= 15 is 0 Å². The van der Waals surface area contributed by atoms with Crippen LogP contribution in [0.4, 0.5) is 17.2 Å². The van der Waals surface area contributed by atoms with Crippen molar-refractivity contribution < 1.29 is 17.9 Å². The Morgan fingerprint density at radius 1 is 0.929 bits per heavy atom. The van der Waals surface area contributed by atoms with Crippen LogP contribution in [0.3, 0.4) is 0 Å². The maximum atomic E-state index is 12.7. The van der Waals surface area contributed by atoms with Gasteiger partial charge < -0.3 is 14.4 Å². The molecule has 0 spiro atoms. The van der Waals surface area contributed by atoms with Crippen LogP contribution in [0, 0.1) is 0 Å². The van der Waals surface area contributed by atoms with E-state index in [1.807, 2.05) is 42.3 Å². The highest BCUT2D eigenvalue weighted by Gasteiger charge is 2.21. The average Bonchev–Trinajstić information content (AvgIpc) is 2.73. The number of anilines is 3. The van der Waals surface area contributed by atoms with Crippen molar-refractivity contribution in [3.05, 3.63) is 66.9 Å². The predicted octanol–water partition coefficient (Wildman–Crippen LogP) is 3.67. The maximum absolute atomic E-state index is 12.7. The van der Waals surface area contributed by atoms with E-state index in [9.17, 15) is 8.42 Å². The molecule has 8 heteroatoms. The molecule has 2 aromatic carbocycles. The molecule has 0 aliphatic rings. The van der Waals surface area contributed by atoms with E-state index in [1.165, 1.54) is 26.4 Å². The van der Waals surface area contributed by atoms with Crippen molar-refractivity contribution in [2.45, 2.75) is 4.90 Å². The van der Waals surface area contributed by atoms with Gasteiger partial charge in [0.2, 0.25) is 0 Å². The van der Waals surface area contributed by atoms with Crippen molar-refractivity contribution in [3.63, 3.8) is 0 Å². The van der Waals surface area contributed by atoms with Crippen LogP contribution in [-0.4, -0.2) is 34.7 Å². The summed E-state index contributed by atoms with van der Waals surface area (Å²) < 4.78 is 38.2. The van der Waals surface area contributed by atoms with E-state index < -0.39 is 10.0 Å². The molecular weight excluding hydrogens is 378 g/mol. The largest absolute Gasteiger partial charge is 0.497 e. The predicted molar refractivity (Wildman–Crippen MR) is 109 cm³/mol. The molecule has 1 N–H and O–H groups in total. The van der Waals surface area contributed by atoms with Crippen LogP contribution in [0.25, 0.3) is 0 Å². The second kappa shape index (κ2) is 8.18. The number of para-hydroxylation sites is 1. The van der Waals surface area contributed by atoms with Gasteiger partial charge in [-0.25, -0.2) is 13.4 Å². The molecule has 0 aliphatic carbocycles. The highest BCUT2D eigenvalue weighted by molar-refractivity contribution is 7.92. The Morgan fingerprint density at radius 3 is 2.29 bits per heavy atom. The first-order valence-electron chi connectivity index (χ1n) is 8.44. The second-order valence-electron chi connectivity index (χ2n) is 5.92. The first kappa shape index (κ1) is 19.5. The summed E-state index contributed by atoms with van der Waals surface area (Å²) in [6.07, 6.45) is 1.61. The van der Waals surface area contributed by atoms with Crippen molar-refractivity contribution in [1.82, 2.24) is 4.98 Å². The smallest absolute Gasteiger partial charge is 0.266 e. The Bertz CT molecular complexity index is 1040.